The van der Waals surface area contributed by atoms with E-state index in [1.54, 1.807) is 24.5 Å². The summed E-state index contributed by atoms with van der Waals surface area (Å²) < 4.78 is 0. The first-order valence-electron chi connectivity index (χ1n) is 5.46. The number of pyridine rings is 1. The minimum Gasteiger partial charge on any atom is -0.322 e. The molecule has 0 bridgehead atoms. The predicted octanol–water partition coefficient (Wildman–Crippen LogP) is 2.95. The number of carbonyl (C=O) groups is 1. The predicted molar refractivity (Wildman–Crippen MR) is 68.1 cm³/mol. The van der Waals surface area contributed by atoms with Crippen molar-refractivity contribution in [2.45, 2.75) is 13.8 Å². The van der Waals surface area contributed by atoms with Crippen molar-refractivity contribution in [3.63, 3.8) is 0 Å². The highest BCUT2D eigenvalue weighted by atomic mass is 16.1. The van der Waals surface area contributed by atoms with Crippen LogP contribution in [-0.4, -0.2) is 10.9 Å². The number of anilines is 1. The number of amides is 1. The molecule has 0 spiro atoms. The zero-order valence-corrected chi connectivity index (χ0v) is 9.90. The van der Waals surface area contributed by atoms with Crippen LogP contribution in [0.5, 0.6) is 0 Å². The Labute approximate surface area is 101 Å². The Morgan fingerprint density at radius 2 is 1.82 bits per heavy atom. The summed E-state index contributed by atoms with van der Waals surface area (Å²) >= 11 is 0. The lowest BCUT2D eigenvalue weighted by Gasteiger charge is -2.10. The molecule has 1 aromatic heterocycles. The number of aromatic nitrogens is 1. The van der Waals surface area contributed by atoms with Gasteiger partial charge in [0.15, 0.2) is 0 Å². The first-order chi connectivity index (χ1) is 8.18. The third-order valence-electron chi connectivity index (χ3n) is 2.80. The van der Waals surface area contributed by atoms with E-state index in [0.29, 0.717) is 5.56 Å². The van der Waals surface area contributed by atoms with Crippen molar-refractivity contribution in [2.24, 2.45) is 0 Å². The fourth-order valence-electron chi connectivity index (χ4n) is 1.58. The van der Waals surface area contributed by atoms with E-state index in [1.807, 2.05) is 32.0 Å². The third kappa shape index (κ3) is 2.50. The van der Waals surface area contributed by atoms with Gasteiger partial charge in [0.1, 0.15) is 0 Å². The maximum absolute atomic E-state index is 11.9. The topological polar surface area (TPSA) is 42.0 Å². The second kappa shape index (κ2) is 4.78. The monoisotopic (exact) mass is 226 g/mol. The Morgan fingerprint density at radius 1 is 1.12 bits per heavy atom. The van der Waals surface area contributed by atoms with Crippen molar-refractivity contribution in [3.05, 3.63) is 59.4 Å². The molecule has 0 saturated carbocycles. The molecule has 0 radical (unpaired) electrons. The summed E-state index contributed by atoms with van der Waals surface area (Å²) in [5, 5.41) is 2.90. The van der Waals surface area contributed by atoms with E-state index in [4.69, 9.17) is 0 Å². The lowest BCUT2D eigenvalue weighted by atomic mass is 10.1. The molecule has 1 heterocycles. The molecule has 0 atom stereocenters. The number of nitrogens with one attached hydrogen (secondary N) is 1. The Balaban J connectivity index is 2.22. The Morgan fingerprint density at radius 3 is 2.53 bits per heavy atom. The number of nitrogens with zero attached hydrogens (tertiary/aromatic N) is 1. The van der Waals surface area contributed by atoms with Gasteiger partial charge < -0.3 is 5.32 Å². The molecule has 3 heteroatoms. The van der Waals surface area contributed by atoms with Crippen molar-refractivity contribution in [1.29, 1.82) is 0 Å². The van der Waals surface area contributed by atoms with Crippen LogP contribution >= 0.6 is 0 Å². The molecule has 17 heavy (non-hydrogen) atoms. The van der Waals surface area contributed by atoms with Gasteiger partial charge in [-0.1, -0.05) is 12.1 Å². The number of carbonyl (C=O) groups excluding carboxylic acids is 1. The van der Waals surface area contributed by atoms with E-state index in [1.165, 1.54) is 0 Å². The van der Waals surface area contributed by atoms with E-state index in [0.717, 1.165) is 16.8 Å². The largest absolute Gasteiger partial charge is 0.322 e. The van der Waals surface area contributed by atoms with Crippen molar-refractivity contribution >= 4 is 11.6 Å². The zero-order valence-electron chi connectivity index (χ0n) is 9.90. The van der Waals surface area contributed by atoms with E-state index in [-0.39, 0.29) is 5.91 Å². The van der Waals surface area contributed by atoms with Crippen LogP contribution < -0.4 is 5.32 Å². The van der Waals surface area contributed by atoms with Gasteiger partial charge in [0.2, 0.25) is 0 Å². The van der Waals surface area contributed by atoms with Gasteiger partial charge in [-0.2, -0.15) is 0 Å². The van der Waals surface area contributed by atoms with Crippen LogP contribution in [0.4, 0.5) is 5.69 Å². The van der Waals surface area contributed by atoms with Crippen molar-refractivity contribution < 1.29 is 4.79 Å². The number of aryl methyl sites for hydroxylation is 1. The summed E-state index contributed by atoms with van der Waals surface area (Å²) in [7, 11) is 0. The fourth-order valence-corrected chi connectivity index (χ4v) is 1.58. The molecule has 86 valence electrons. The van der Waals surface area contributed by atoms with E-state index in [9.17, 15) is 4.79 Å². The van der Waals surface area contributed by atoms with E-state index >= 15 is 0 Å². The normalized spacial score (nSPS) is 10.0. The summed E-state index contributed by atoms with van der Waals surface area (Å²) in [6, 6.07) is 9.25. The molecular weight excluding hydrogens is 212 g/mol. The van der Waals surface area contributed by atoms with Crippen LogP contribution in [0.25, 0.3) is 0 Å². The third-order valence-corrected chi connectivity index (χ3v) is 2.80. The first kappa shape index (κ1) is 11.3. The van der Waals surface area contributed by atoms with Crippen molar-refractivity contribution in [3.8, 4) is 0 Å². The molecular formula is C14H14N2O. The highest BCUT2D eigenvalue weighted by Crippen LogP contribution is 2.18. The van der Waals surface area contributed by atoms with Gasteiger partial charge in [-0.25, -0.2) is 0 Å². The lowest BCUT2D eigenvalue weighted by molar-refractivity contribution is 0.102. The van der Waals surface area contributed by atoms with Gasteiger partial charge in [-0.3, -0.25) is 9.78 Å². The molecule has 3 nitrogen and oxygen atoms in total. The van der Waals surface area contributed by atoms with E-state index in [2.05, 4.69) is 10.3 Å². The van der Waals surface area contributed by atoms with E-state index < -0.39 is 0 Å². The molecule has 1 aromatic carbocycles. The highest BCUT2D eigenvalue weighted by molar-refractivity contribution is 6.04. The molecule has 0 aliphatic heterocycles. The Hall–Kier alpha value is -2.16. The zero-order chi connectivity index (χ0) is 12.3. The number of rotatable bonds is 2. The fraction of sp³-hybridized carbons (Fsp3) is 0.143. The van der Waals surface area contributed by atoms with Crippen LogP contribution in [-0.2, 0) is 0 Å². The summed E-state index contributed by atoms with van der Waals surface area (Å²) in [5.41, 5.74) is 3.72. The standard InChI is InChI=1S/C14H14N2O/c1-10-4-3-5-13(11(10)2)16-14(17)12-6-8-15-9-7-12/h3-9H,1-2H3,(H,16,17). The summed E-state index contributed by atoms with van der Waals surface area (Å²) in [6.07, 6.45) is 3.22. The number of hydrogen-bond acceptors (Lipinski definition) is 2. The summed E-state index contributed by atoms with van der Waals surface area (Å²) in [6.45, 7) is 4.02. The molecule has 1 N–H and O–H groups in total. The smallest absolute Gasteiger partial charge is 0.255 e. The van der Waals surface area contributed by atoms with Gasteiger partial charge in [0.25, 0.3) is 5.91 Å². The summed E-state index contributed by atoms with van der Waals surface area (Å²) in [5.74, 6) is -0.110. The average Bonchev–Trinajstić information content (AvgIpc) is 2.36. The van der Waals surface area contributed by atoms with Crippen LogP contribution in [0, 0.1) is 13.8 Å². The quantitative estimate of drug-likeness (QED) is 0.855. The minimum absolute atomic E-state index is 0.110. The molecule has 0 aliphatic rings. The Kier molecular flexibility index (Phi) is 3.19. The van der Waals surface area contributed by atoms with Gasteiger partial charge in [0, 0.05) is 23.6 Å². The van der Waals surface area contributed by atoms with Crippen LogP contribution in [0.1, 0.15) is 21.5 Å². The molecule has 0 fully saturated rings. The maximum atomic E-state index is 11.9. The number of hydrogen-bond donors (Lipinski definition) is 1. The summed E-state index contributed by atoms with van der Waals surface area (Å²) in [4.78, 5) is 15.8. The minimum atomic E-state index is -0.110. The second-order valence-electron chi connectivity index (χ2n) is 3.94. The highest BCUT2D eigenvalue weighted by Gasteiger charge is 2.07. The molecule has 0 saturated heterocycles. The number of benzene rings is 1. The van der Waals surface area contributed by atoms with Crippen LogP contribution in [0.3, 0.4) is 0 Å². The molecule has 2 rings (SSSR count). The molecule has 1 amide bonds. The van der Waals surface area contributed by atoms with Gasteiger partial charge >= 0.3 is 0 Å². The maximum Gasteiger partial charge on any atom is 0.255 e. The lowest BCUT2D eigenvalue weighted by Crippen LogP contribution is -2.12. The van der Waals surface area contributed by atoms with Crippen molar-refractivity contribution in [1.82, 2.24) is 4.98 Å². The molecule has 0 unspecified atom stereocenters. The van der Waals surface area contributed by atoms with Gasteiger partial charge in [-0.15, -0.1) is 0 Å². The van der Waals surface area contributed by atoms with Crippen molar-refractivity contribution in [2.75, 3.05) is 5.32 Å². The van der Waals surface area contributed by atoms with Crippen LogP contribution in [0.2, 0.25) is 0 Å². The van der Waals surface area contributed by atoms with Gasteiger partial charge in [-0.05, 0) is 43.2 Å². The second-order valence-corrected chi connectivity index (χ2v) is 3.94. The van der Waals surface area contributed by atoms with Gasteiger partial charge in [0.05, 0.1) is 0 Å². The molecule has 2 aromatic rings. The average molecular weight is 226 g/mol. The Bertz CT molecular complexity index is 535. The first-order valence-corrected chi connectivity index (χ1v) is 5.46. The molecule has 0 aliphatic carbocycles. The SMILES string of the molecule is Cc1cccc(NC(=O)c2ccncc2)c1C. The van der Waals surface area contributed by atoms with Crippen LogP contribution in [0.15, 0.2) is 42.7 Å².